The predicted molar refractivity (Wildman–Crippen MR) is 74.6 cm³/mol. The zero-order valence-corrected chi connectivity index (χ0v) is 12.4. The molecule has 1 aromatic rings. The minimum atomic E-state index is -1.12. The molecule has 19 heavy (non-hydrogen) atoms. The Morgan fingerprint density at radius 1 is 1.53 bits per heavy atom. The van der Waals surface area contributed by atoms with Crippen LogP contribution in [0.5, 0.6) is 0 Å². The van der Waals surface area contributed by atoms with Crippen LogP contribution in [0.4, 0.5) is 0 Å². The summed E-state index contributed by atoms with van der Waals surface area (Å²) >= 11 is 6.54. The maximum atomic E-state index is 11.8. The molecule has 7 heteroatoms. The van der Waals surface area contributed by atoms with Crippen LogP contribution >= 0.6 is 23.1 Å². The molecule has 1 rings (SSSR count). The van der Waals surface area contributed by atoms with Crippen LogP contribution in [0.3, 0.4) is 0 Å². The first-order chi connectivity index (χ1) is 8.69. The molecule has 1 heterocycles. The Labute approximate surface area is 120 Å². The van der Waals surface area contributed by atoms with Crippen molar-refractivity contribution in [3.63, 3.8) is 0 Å². The fourth-order valence-corrected chi connectivity index (χ4v) is 1.97. The second-order valence-electron chi connectivity index (χ2n) is 5.03. The van der Waals surface area contributed by atoms with Gasteiger partial charge in [0.05, 0.1) is 0 Å². The fraction of sp³-hybridized carbons (Fsp3) is 0.417. The van der Waals surface area contributed by atoms with Crippen LogP contribution in [-0.4, -0.2) is 27.4 Å². The van der Waals surface area contributed by atoms with Crippen LogP contribution in [0, 0.1) is 5.41 Å². The summed E-state index contributed by atoms with van der Waals surface area (Å²) in [5, 5.41) is 11.7. The van der Waals surface area contributed by atoms with E-state index in [1.165, 1.54) is 12.1 Å². The zero-order valence-electron chi connectivity index (χ0n) is 10.8. The predicted octanol–water partition coefficient (Wildman–Crippen LogP) is 2.58. The van der Waals surface area contributed by atoms with Crippen molar-refractivity contribution in [2.24, 2.45) is 5.41 Å². The lowest BCUT2D eigenvalue weighted by Crippen LogP contribution is -2.39. The molecule has 0 aliphatic heterocycles. The van der Waals surface area contributed by atoms with E-state index in [2.05, 4.69) is 9.69 Å². The van der Waals surface area contributed by atoms with Crippen molar-refractivity contribution in [2.75, 3.05) is 0 Å². The van der Waals surface area contributed by atoms with Gasteiger partial charge in [-0.05, 0) is 16.9 Å². The lowest BCUT2D eigenvalue weighted by molar-refractivity contribution is -0.137. The number of hydrogen-bond donors (Lipinski definition) is 2. The number of nitrogens with zero attached hydrogens (tertiary/aromatic N) is 1. The first kappa shape index (κ1) is 15.7. The average Bonchev–Trinajstić information content (AvgIpc) is 2.69. The molecule has 1 unspecified atom stereocenters. The molecular formula is C12H15ClN2O3S. The molecule has 0 aliphatic carbocycles. The summed E-state index contributed by atoms with van der Waals surface area (Å²) < 4.78 is 3.76. The van der Waals surface area contributed by atoms with E-state index in [1.807, 2.05) is 20.8 Å². The summed E-state index contributed by atoms with van der Waals surface area (Å²) in [6.07, 6.45) is 3.20. The van der Waals surface area contributed by atoms with Crippen molar-refractivity contribution < 1.29 is 14.7 Å². The van der Waals surface area contributed by atoms with E-state index in [1.54, 1.807) is 6.08 Å². The normalized spacial score (nSPS) is 13.5. The standard InChI is InChI=1S/C12H15ClN2O3S/c1-12(2,3)5-4-7(11(17)18)14-10(16)8-6-9(13)15-19-8/h4-7H,1-3H3,(H,14,16)(H,17,18)/b5-4+. The number of allylic oxidation sites excluding steroid dienone is 1. The molecule has 0 spiro atoms. The van der Waals surface area contributed by atoms with Crippen molar-refractivity contribution in [3.05, 3.63) is 28.2 Å². The molecule has 0 saturated heterocycles. The number of hydrogen-bond acceptors (Lipinski definition) is 4. The SMILES string of the molecule is CC(C)(C)/C=C/C(NC(=O)c1cc(Cl)ns1)C(=O)O. The van der Waals surface area contributed by atoms with Crippen LogP contribution in [0.25, 0.3) is 0 Å². The van der Waals surface area contributed by atoms with Crippen molar-refractivity contribution in [1.82, 2.24) is 9.69 Å². The molecule has 0 fully saturated rings. The minimum absolute atomic E-state index is 0.160. The quantitative estimate of drug-likeness (QED) is 0.838. The Morgan fingerprint density at radius 3 is 2.58 bits per heavy atom. The third kappa shape index (κ3) is 5.40. The van der Waals surface area contributed by atoms with Crippen molar-refractivity contribution in [2.45, 2.75) is 26.8 Å². The molecule has 1 aromatic heterocycles. The fourth-order valence-electron chi connectivity index (χ4n) is 1.15. The van der Waals surface area contributed by atoms with Crippen LogP contribution < -0.4 is 5.32 Å². The van der Waals surface area contributed by atoms with Gasteiger partial charge < -0.3 is 10.4 Å². The highest BCUT2D eigenvalue weighted by Crippen LogP contribution is 2.16. The van der Waals surface area contributed by atoms with Gasteiger partial charge in [0, 0.05) is 6.07 Å². The number of carboxylic acids is 1. The maximum Gasteiger partial charge on any atom is 0.330 e. The number of amides is 1. The summed E-state index contributed by atoms with van der Waals surface area (Å²) in [7, 11) is 0. The molecule has 104 valence electrons. The Hall–Kier alpha value is -1.40. The van der Waals surface area contributed by atoms with Gasteiger partial charge in [-0.25, -0.2) is 4.79 Å². The molecular weight excluding hydrogens is 288 g/mol. The smallest absolute Gasteiger partial charge is 0.330 e. The summed E-state index contributed by atoms with van der Waals surface area (Å²) in [5.74, 6) is -1.63. The number of rotatable bonds is 4. The van der Waals surface area contributed by atoms with Crippen molar-refractivity contribution >= 4 is 35.0 Å². The van der Waals surface area contributed by atoms with Crippen LogP contribution in [0.1, 0.15) is 30.4 Å². The topological polar surface area (TPSA) is 79.3 Å². The average molecular weight is 303 g/mol. The van der Waals surface area contributed by atoms with Gasteiger partial charge >= 0.3 is 5.97 Å². The monoisotopic (exact) mass is 302 g/mol. The first-order valence-electron chi connectivity index (χ1n) is 5.54. The number of halogens is 1. The van der Waals surface area contributed by atoms with Crippen molar-refractivity contribution in [3.8, 4) is 0 Å². The number of carbonyl (C=O) groups is 2. The lowest BCUT2D eigenvalue weighted by atomic mass is 9.95. The summed E-state index contributed by atoms with van der Waals surface area (Å²) in [6, 6.07) is 0.320. The maximum absolute atomic E-state index is 11.8. The highest BCUT2D eigenvalue weighted by molar-refractivity contribution is 7.08. The van der Waals surface area contributed by atoms with E-state index >= 15 is 0 Å². The van der Waals surface area contributed by atoms with Gasteiger partial charge in [-0.15, -0.1) is 0 Å². The summed E-state index contributed by atoms with van der Waals surface area (Å²) in [6.45, 7) is 5.81. The Morgan fingerprint density at radius 2 is 2.16 bits per heavy atom. The van der Waals surface area contributed by atoms with Gasteiger partial charge in [0.25, 0.3) is 5.91 Å². The number of aliphatic carboxylic acids is 1. The lowest BCUT2D eigenvalue weighted by Gasteiger charge is -2.14. The molecule has 0 aliphatic rings. The van der Waals surface area contributed by atoms with Crippen LogP contribution in [0.2, 0.25) is 5.15 Å². The third-order valence-electron chi connectivity index (χ3n) is 2.05. The van der Waals surface area contributed by atoms with Crippen LogP contribution in [-0.2, 0) is 4.79 Å². The van der Waals surface area contributed by atoms with E-state index < -0.39 is 17.9 Å². The number of nitrogens with one attached hydrogen (secondary N) is 1. The molecule has 2 N–H and O–H groups in total. The molecule has 0 aromatic carbocycles. The van der Waals surface area contributed by atoms with E-state index in [0.29, 0.717) is 0 Å². The Balaban J connectivity index is 2.77. The van der Waals surface area contributed by atoms with E-state index in [9.17, 15) is 9.59 Å². The van der Waals surface area contributed by atoms with Gasteiger partial charge in [0.1, 0.15) is 16.1 Å². The van der Waals surface area contributed by atoms with Gasteiger partial charge in [0.15, 0.2) is 0 Å². The molecule has 0 bridgehead atoms. The van der Waals surface area contributed by atoms with Gasteiger partial charge in [-0.3, -0.25) is 4.79 Å². The molecule has 5 nitrogen and oxygen atoms in total. The molecule has 0 saturated carbocycles. The van der Waals surface area contributed by atoms with E-state index in [-0.39, 0.29) is 15.4 Å². The largest absolute Gasteiger partial charge is 0.479 e. The number of carbonyl (C=O) groups excluding carboxylic acids is 1. The van der Waals surface area contributed by atoms with Gasteiger partial charge in [-0.2, -0.15) is 4.37 Å². The highest BCUT2D eigenvalue weighted by atomic mass is 35.5. The van der Waals surface area contributed by atoms with Gasteiger partial charge in [0.2, 0.25) is 0 Å². The van der Waals surface area contributed by atoms with Gasteiger partial charge in [-0.1, -0.05) is 44.5 Å². The van der Waals surface area contributed by atoms with Crippen LogP contribution in [0.15, 0.2) is 18.2 Å². The second kappa shape index (κ2) is 6.16. The highest BCUT2D eigenvalue weighted by Gasteiger charge is 2.20. The molecule has 1 atom stereocenters. The molecule has 1 amide bonds. The Kier molecular flexibility index (Phi) is 5.08. The second-order valence-corrected chi connectivity index (χ2v) is 6.22. The zero-order chi connectivity index (χ0) is 14.6. The summed E-state index contributed by atoms with van der Waals surface area (Å²) in [4.78, 5) is 23.2. The van der Waals surface area contributed by atoms with Crippen molar-refractivity contribution in [1.29, 1.82) is 0 Å². The molecule has 0 radical (unpaired) electrons. The summed E-state index contributed by atoms with van der Waals surface area (Å²) in [5.41, 5.74) is -0.160. The van der Waals surface area contributed by atoms with E-state index in [4.69, 9.17) is 16.7 Å². The van der Waals surface area contributed by atoms with E-state index in [0.717, 1.165) is 11.5 Å². The number of aromatic nitrogens is 1. The third-order valence-corrected chi connectivity index (χ3v) is 3.13. The number of carboxylic acid groups (broad SMARTS) is 1. The first-order valence-corrected chi connectivity index (χ1v) is 6.69. The Bertz CT molecular complexity index is 505. The minimum Gasteiger partial charge on any atom is -0.479 e.